The summed E-state index contributed by atoms with van der Waals surface area (Å²) in [6.45, 7) is 0. The molecule has 0 aliphatic rings. The van der Waals surface area contributed by atoms with E-state index in [-0.39, 0.29) is 0 Å². The van der Waals surface area contributed by atoms with E-state index in [0.29, 0.717) is 0 Å². The van der Waals surface area contributed by atoms with Crippen molar-refractivity contribution in [3.8, 4) is 11.3 Å². The summed E-state index contributed by atoms with van der Waals surface area (Å²) in [5.74, 6) is 0. The first-order valence-corrected chi connectivity index (χ1v) is 16.8. The molecule has 0 aliphatic carbocycles. The van der Waals surface area contributed by atoms with E-state index in [1.54, 1.807) is 0 Å². The molecule has 1 aromatic heterocycles. The molecular formula is C35H24NPSe. The van der Waals surface area contributed by atoms with Crippen LogP contribution in [0.25, 0.3) is 43.7 Å². The fourth-order valence-electron chi connectivity index (χ4n) is 5.32. The molecule has 0 aliphatic heterocycles. The van der Waals surface area contributed by atoms with Gasteiger partial charge in [0.2, 0.25) is 0 Å². The maximum atomic E-state index is 5.12. The number of pyridine rings is 1. The molecule has 0 saturated carbocycles. The molecule has 38 heavy (non-hydrogen) atoms. The molecule has 0 amide bonds. The molecule has 1 heterocycles. The second-order valence-electron chi connectivity index (χ2n) is 9.58. The zero-order chi connectivity index (χ0) is 25.5. The molecular weight excluding hydrogens is 544 g/mol. The summed E-state index contributed by atoms with van der Waals surface area (Å²) in [5, 5.41) is 10.1. The van der Waals surface area contributed by atoms with Gasteiger partial charge in [-0.3, -0.25) is 0 Å². The van der Waals surface area contributed by atoms with Crippen LogP contribution in [0.5, 0.6) is 0 Å². The van der Waals surface area contributed by atoms with E-state index in [1.165, 1.54) is 37.5 Å². The van der Waals surface area contributed by atoms with Gasteiger partial charge in [0.25, 0.3) is 0 Å². The van der Waals surface area contributed by atoms with E-state index in [1.807, 2.05) is 0 Å². The summed E-state index contributed by atoms with van der Waals surface area (Å²) < 4.78 is 0. The second kappa shape index (κ2) is 9.50. The number of nitrogens with zero attached hydrogens (tertiary/aromatic N) is 1. The fourth-order valence-corrected chi connectivity index (χ4v) is 10.2. The number of hydrogen-bond donors (Lipinski definition) is 0. The van der Waals surface area contributed by atoms with Gasteiger partial charge in [-0.1, -0.05) is 0 Å². The van der Waals surface area contributed by atoms with Gasteiger partial charge in [0, 0.05) is 0 Å². The van der Waals surface area contributed by atoms with Crippen molar-refractivity contribution in [1.29, 1.82) is 0 Å². The third-order valence-electron chi connectivity index (χ3n) is 7.33. The zero-order valence-electron chi connectivity index (χ0n) is 20.7. The average Bonchev–Trinajstić information content (AvgIpc) is 3.00. The van der Waals surface area contributed by atoms with E-state index >= 15 is 0 Å². The number of benzene rings is 6. The van der Waals surface area contributed by atoms with Crippen molar-refractivity contribution in [2.75, 3.05) is 0 Å². The number of aromatic nitrogens is 1. The average molecular weight is 569 g/mol. The first-order chi connectivity index (χ1) is 18.7. The Bertz CT molecular complexity index is 2000. The Morgan fingerprint density at radius 3 is 1.84 bits per heavy atom. The maximum absolute atomic E-state index is 5.12. The van der Waals surface area contributed by atoms with Crippen LogP contribution in [0.15, 0.2) is 146 Å². The third kappa shape index (κ3) is 3.94. The summed E-state index contributed by atoms with van der Waals surface area (Å²) in [6, 6.07) is 52.5. The Morgan fingerprint density at radius 2 is 1.03 bits per heavy atom. The van der Waals surface area contributed by atoms with Gasteiger partial charge in [0.05, 0.1) is 0 Å². The minimum absolute atomic E-state index is 0.995. The van der Waals surface area contributed by atoms with Crippen molar-refractivity contribution < 1.29 is 0 Å². The van der Waals surface area contributed by atoms with Crippen LogP contribution in [-0.2, 0) is 0 Å². The molecule has 0 saturated heterocycles. The molecule has 6 aromatic carbocycles. The van der Waals surface area contributed by atoms with E-state index in [0.717, 1.165) is 22.2 Å². The summed E-state index contributed by atoms with van der Waals surface area (Å²) in [5.41, 5.74) is 1.21. The zero-order valence-corrected chi connectivity index (χ0v) is 23.3. The van der Waals surface area contributed by atoms with E-state index in [2.05, 4.69) is 161 Å². The molecule has 1 unspecified atom stereocenters. The summed E-state index contributed by atoms with van der Waals surface area (Å²) in [6.07, 6.45) is 0. The molecule has 1 nitrogen and oxygen atoms in total. The molecule has 7 aromatic rings. The molecule has 180 valence electrons. The topological polar surface area (TPSA) is 12.9 Å². The van der Waals surface area contributed by atoms with Gasteiger partial charge >= 0.3 is 231 Å². The summed E-state index contributed by atoms with van der Waals surface area (Å²) in [4.78, 5) is 5.12. The minimum atomic E-state index is -1.96. The molecule has 0 bridgehead atoms. The van der Waals surface area contributed by atoms with E-state index < -0.39 is 5.51 Å². The molecule has 0 fully saturated rings. The van der Waals surface area contributed by atoms with Gasteiger partial charge < -0.3 is 0 Å². The fraction of sp³-hybridized carbons (Fsp3) is 0. The van der Waals surface area contributed by atoms with Crippen molar-refractivity contribution in [1.82, 2.24) is 4.98 Å². The van der Waals surface area contributed by atoms with Crippen molar-refractivity contribution in [3.05, 3.63) is 146 Å². The van der Waals surface area contributed by atoms with Crippen LogP contribution in [0, 0.1) is 0 Å². The predicted octanol–water partition coefficient (Wildman–Crippen LogP) is 7.59. The molecule has 3 heteroatoms. The van der Waals surface area contributed by atoms with Crippen molar-refractivity contribution in [3.63, 3.8) is 0 Å². The molecule has 0 spiro atoms. The number of rotatable bonds is 4. The SMILES string of the molecule is [Se]=P(c1ccccc1)(c1ccc(-c2ccc3ccc4ccccc4c3n2)cc1)c1ccc2ccccc2c1. The van der Waals surface area contributed by atoms with Gasteiger partial charge in [0.1, 0.15) is 0 Å². The Kier molecular flexibility index (Phi) is 5.83. The molecule has 0 radical (unpaired) electrons. The van der Waals surface area contributed by atoms with E-state index in [9.17, 15) is 0 Å². The molecule has 7 rings (SSSR count). The van der Waals surface area contributed by atoms with Crippen molar-refractivity contribution in [2.24, 2.45) is 0 Å². The van der Waals surface area contributed by atoms with Gasteiger partial charge in [0.15, 0.2) is 0 Å². The van der Waals surface area contributed by atoms with E-state index in [4.69, 9.17) is 4.98 Å². The molecule has 0 N–H and O–H groups in total. The van der Waals surface area contributed by atoms with Crippen LogP contribution in [0.4, 0.5) is 0 Å². The first kappa shape index (κ1) is 23.3. The third-order valence-corrected chi connectivity index (χ3v) is 14.4. The summed E-state index contributed by atoms with van der Waals surface area (Å²) in [7, 11) is 0. The molecule has 1 atom stereocenters. The van der Waals surface area contributed by atoms with Gasteiger partial charge in [-0.05, 0) is 0 Å². The number of fused-ring (bicyclic) bond motifs is 4. The van der Waals surface area contributed by atoms with Crippen LogP contribution >= 0.6 is 5.51 Å². The van der Waals surface area contributed by atoms with Gasteiger partial charge in [-0.15, -0.1) is 0 Å². The normalized spacial score (nSPS) is 13.1. The van der Waals surface area contributed by atoms with Crippen LogP contribution in [0.3, 0.4) is 0 Å². The Hall–Kier alpha value is -3.80. The Balaban J connectivity index is 1.36. The first-order valence-electron chi connectivity index (χ1n) is 12.7. The Morgan fingerprint density at radius 1 is 0.447 bits per heavy atom. The van der Waals surface area contributed by atoms with Gasteiger partial charge in [-0.2, -0.15) is 0 Å². The Labute approximate surface area is 230 Å². The van der Waals surface area contributed by atoms with Crippen molar-refractivity contribution in [2.45, 2.75) is 0 Å². The predicted molar refractivity (Wildman–Crippen MR) is 167 cm³/mol. The van der Waals surface area contributed by atoms with Crippen LogP contribution in [0.2, 0.25) is 0 Å². The van der Waals surface area contributed by atoms with Crippen molar-refractivity contribution >= 4 is 69.0 Å². The van der Waals surface area contributed by atoms with Crippen LogP contribution in [-0.4, -0.2) is 20.1 Å². The monoisotopic (exact) mass is 569 g/mol. The van der Waals surface area contributed by atoms with Gasteiger partial charge in [-0.25, -0.2) is 0 Å². The number of hydrogen-bond acceptors (Lipinski definition) is 1. The van der Waals surface area contributed by atoms with Crippen LogP contribution < -0.4 is 15.9 Å². The quantitative estimate of drug-likeness (QED) is 0.121. The summed E-state index contributed by atoms with van der Waals surface area (Å²) >= 11 is 3.70. The second-order valence-corrected chi connectivity index (χ2v) is 15.8. The standard InChI is InChI=1S/C35H24NPSe/c38-37(30-11-2-1-3-12-30,32-22-16-25-8-4-5-10-29(25)24-32)31-20-17-27(18-21-31)34-23-19-28-15-14-26-9-6-7-13-33(26)35(28)36-34/h1-24H. The van der Waals surface area contributed by atoms with Crippen LogP contribution in [0.1, 0.15) is 0 Å².